The van der Waals surface area contributed by atoms with Crippen LogP contribution in [-0.2, 0) is 0 Å². The standard InChI is InChI=1S/C17H20FNO2/c18-15-7-8-16(14(12-15)6-3-11-20)17(21)19-10-9-13-4-1-2-5-13/h7-8,12-13,20H,1-2,4-5,9-11H2,(H,19,21). The monoisotopic (exact) mass is 289 g/mol. The molecule has 0 radical (unpaired) electrons. The van der Waals surface area contributed by atoms with E-state index in [1.807, 2.05) is 0 Å². The van der Waals surface area contributed by atoms with Gasteiger partial charge in [-0.15, -0.1) is 0 Å². The number of aliphatic hydroxyl groups excluding tert-OH is 1. The Morgan fingerprint density at radius 2 is 2.14 bits per heavy atom. The fraction of sp³-hybridized carbons (Fsp3) is 0.471. The second-order valence-corrected chi connectivity index (χ2v) is 5.34. The van der Waals surface area contributed by atoms with Crippen molar-refractivity contribution in [1.29, 1.82) is 0 Å². The van der Waals surface area contributed by atoms with Crippen molar-refractivity contribution in [3.63, 3.8) is 0 Å². The van der Waals surface area contributed by atoms with Crippen LogP contribution in [0.1, 0.15) is 48.0 Å². The van der Waals surface area contributed by atoms with Gasteiger partial charge >= 0.3 is 0 Å². The Labute approximate surface area is 124 Å². The molecule has 1 aliphatic rings. The van der Waals surface area contributed by atoms with Gasteiger partial charge in [-0.1, -0.05) is 37.5 Å². The molecule has 3 nitrogen and oxygen atoms in total. The minimum atomic E-state index is -0.445. The van der Waals surface area contributed by atoms with Gasteiger partial charge in [-0.2, -0.15) is 0 Å². The van der Waals surface area contributed by atoms with Gasteiger partial charge in [0.25, 0.3) is 5.91 Å². The maximum Gasteiger partial charge on any atom is 0.252 e. The average Bonchev–Trinajstić information content (AvgIpc) is 2.98. The lowest BCUT2D eigenvalue weighted by molar-refractivity contribution is 0.0951. The third-order valence-corrected chi connectivity index (χ3v) is 3.84. The van der Waals surface area contributed by atoms with Crippen molar-refractivity contribution in [1.82, 2.24) is 5.32 Å². The minimum Gasteiger partial charge on any atom is -0.384 e. The van der Waals surface area contributed by atoms with Crippen molar-refractivity contribution >= 4 is 5.91 Å². The van der Waals surface area contributed by atoms with Gasteiger partial charge in [-0.25, -0.2) is 4.39 Å². The predicted octanol–water partition coefficient (Wildman–Crippen LogP) is 2.48. The smallest absolute Gasteiger partial charge is 0.252 e. The van der Waals surface area contributed by atoms with Crippen molar-refractivity contribution in [2.24, 2.45) is 5.92 Å². The Hall–Kier alpha value is -1.86. The molecule has 21 heavy (non-hydrogen) atoms. The number of halogens is 1. The Morgan fingerprint density at radius 1 is 1.38 bits per heavy atom. The summed E-state index contributed by atoms with van der Waals surface area (Å²) < 4.78 is 13.2. The summed E-state index contributed by atoms with van der Waals surface area (Å²) in [6.07, 6.45) is 6.07. The summed E-state index contributed by atoms with van der Waals surface area (Å²) in [7, 11) is 0. The number of aliphatic hydroxyl groups is 1. The van der Waals surface area contributed by atoms with E-state index < -0.39 is 5.82 Å². The Balaban J connectivity index is 1.97. The molecule has 0 aliphatic heterocycles. The first-order valence-corrected chi connectivity index (χ1v) is 7.38. The lowest BCUT2D eigenvalue weighted by Gasteiger charge is -2.10. The molecule has 0 saturated heterocycles. The molecule has 0 spiro atoms. The van der Waals surface area contributed by atoms with Gasteiger partial charge in [0.15, 0.2) is 0 Å². The van der Waals surface area contributed by atoms with E-state index in [-0.39, 0.29) is 12.5 Å². The van der Waals surface area contributed by atoms with Crippen molar-refractivity contribution in [2.45, 2.75) is 32.1 Å². The van der Waals surface area contributed by atoms with Crippen LogP contribution in [-0.4, -0.2) is 24.2 Å². The van der Waals surface area contributed by atoms with Crippen molar-refractivity contribution < 1.29 is 14.3 Å². The highest BCUT2D eigenvalue weighted by atomic mass is 19.1. The number of benzene rings is 1. The summed E-state index contributed by atoms with van der Waals surface area (Å²) in [6, 6.07) is 3.90. The molecule has 1 aromatic carbocycles. The van der Waals surface area contributed by atoms with Crippen LogP contribution < -0.4 is 5.32 Å². The molecule has 0 atom stereocenters. The topological polar surface area (TPSA) is 49.3 Å². The van der Waals surface area contributed by atoms with Gasteiger partial charge in [-0.3, -0.25) is 4.79 Å². The van der Waals surface area contributed by atoms with Crippen molar-refractivity contribution in [3.8, 4) is 11.8 Å². The number of amides is 1. The van der Waals surface area contributed by atoms with E-state index >= 15 is 0 Å². The average molecular weight is 289 g/mol. The zero-order valence-corrected chi connectivity index (χ0v) is 12.0. The van der Waals surface area contributed by atoms with Crippen molar-refractivity contribution in [2.75, 3.05) is 13.2 Å². The second-order valence-electron chi connectivity index (χ2n) is 5.34. The minimum absolute atomic E-state index is 0.241. The van der Waals surface area contributed by atoms with Gasteiger partial charge in [0.1, 0.15) is 12.4 Å². The van der Waals surface area contributed by atoms with Crippen LogP contribution in [0.5, 0.6) is 0 Å². The van der Waals surface area contributed by atoms with E-state index in [0.29, 0.717) is 23.6 Å². The van der Waals surface area contributed by atoms with Gasteiger partial charge in [0.05, 0.1) is 5.56 Å². The predicted molar refractivity (Wildman–Crippen MR) is 79.3 cm³/mol. The van der Waals surface area contributed by atoms with E-state index in [4.69, 9.17) is 5.11 Å². The summed E-state index contributed by atoms with van der Waals surface area (Å²) >= 11 is 0. The highest BCUT2D eigenvalue weighted by Gasteiger charge is 2.16. The van der Waals surface area contributed by atoms with Crippen molar-refractivity contribution in [3.05, 3.63) is 35.1 Å². The number of rotatable bonds is 4. The molecule has 1 aromatic rings. The SMILES string of the molecule is O=C(NCCC1CCCC1)c1ccc(F)cc1C#CCO. The molecule has 1 amide bonds. The summed E-state index contributed by atoms with van der Waals surface area (Å²) in [6.45, 7) is 0.312. The van der Waals surface area contributed by atoms with Gasteiger partial charge in [0.2, 0.25) is 0 Å². The molecule has 0 aromatic heterocycles. The molecule has 4 heteroatoms. The van der Waals surface area contributed by atoms with Gasteiger partial charge in [-0.05, 0) is 30.5 Å². The fourth-order valence-corrected chi connectivity index (χ4v) is 2.74. The molecular weight excluding hydrogens is 269 g/mol. The van der Waals surface area contributed by atoms with E-state index in [0.717, 1.165) is 6.42 Å². The van der Waals surface area contributed by atoms with E-state index in [9.17, 15) is 9.18 Å². The number of hydrogen-bond acceptors (Lipinski definition) is 2. The van der Waals surface area contributed by atoms with E-state index in [1.165, 1.54) is 43.9 Å². The fourth-order valence-electron chi connectivity index (χ4n) is 2.74. The Morgan fingerprint density at radius 3 is 2.86 bits per heavy atom. The number of nitrogens with one attached hydrogen (secondary N) is 1. The van der Waals surface area contributed by atoms with Crippen LogP contribution >= 0.6 is 0 Å². The summed E-state index contributed by atoms with van der Waals surface area (Å²) in [5.74, 6) is 5.09. The molecule has 1 aliphatic carbocycles. The number of carbonyl (C=O) groups excluding carboxylic acids is 1. The molecule has 0 bridgehead atoms. The molecule has 1 fully saturated rings. The molecule has 2 rings (SSSR count). The summed E-state index contributed by atoms with van der Waals surface area (Å²) in [5, 5.41) is 11.6. The third kappa shape index (κ3) is 4.57. The summed E-state index contributed by atoms with van der Waals surface area (Å²) in [4.78, 5) is 12.1. The largest absolute Gasteiger partial charge is 0.384 e. The van der Waals surface area contributed by atoms with Crippen LogP contribution in [0.4, 0.5) is 4.39 Å². The molecule has 1 saturated carbocycles. The number of carbonyl (C=O) groups is 1. The quantitative estimate of drug-likeness (QED) is 0.837. The molecule has 0 unspecified atom stereocenters. The first-order chi connectivity index (χ1) is 10.2. The van der Waals surface area contributed by atoms with Crippen LogP contribution in [0.25, 0.3) is 0 Å². The molecule has 0 heterocycles. The lowest BCUT2D eigenvalue weighted by Crippen LogP contribution is -2.26. The second kappa shape index (κ2) is 7.80. The maximum absolute atomic E-state index is 13.2. The van der Waals surface area contributed by atoms with E-state index in [2.05, 4.69) is 17.2 Å². The van der Waals surface area contributed by atoms with Gasteiger partial charge in [0, 0.05) is 12.1 Å². The zero-order chi connectivity index (χ0) is 15.1. The molecule has 2 N–H and O–H groups in total. The maximum atomic E-state index is 13.2. The van der Waals surface area contributed by atoms with Crippen LogP contribution in [0, 0.1) is 23.6 Å². The highest BCUT2D eigenvalue weighted by Crippen LogP contribution is 2.26. The van der Waals surface area contributed by atoms with Crippen LogP contribution in [0.3, 0.4) is 0 Å². The summed E-state index contributed by atoms with van der Waals surface area (Å²) in [5.41, 5.74) is 0.659. The zero-order valence-electron chi connectivity index (χ0n) is 12.0. The van der Waals surface area contributed by atoms with Crippen LogP contribution in [0.2, 0.25) is 0 Å². The first-order valence-electron chi connectivity index (χ1n) is 7.38. The molecular formula is C17H20FNO2. The van der Waals surface area contributed by atoms with E-state index in [1.54, 1.807) is 0 Å². The highest BCUT2D eigenvalue weighted by molar-refractivity contribution is 5.96. The molecule has 112 valence electrons. The van der Waals surface area contributed by atoms with Gasteiger partial charge < -0.3 is 10.4 Å². The lowest BCUT2D eigenvalue weighted by atomic mass is 10.0. The number of hydrogen-bond donors (Lipinski definition) is 2. The third-order valence-electron chi connectivity index (χ3n) is 3.84. The first kappa shape index (κ1) is 15.5. The Bertz CT molecular complexity index is 554. The normalized spacial score (nSPS) is 14.6. The van der Waals surface area contributed by atoms with Crippen LogP contribution in [0.15, 0.2) is 18.2 Å². The Kier molecular flexibility index (Phi) is 5.77.